The monoisotopic (exact) mass is 264 g/mol. The van der Waals surface area contributed by atoms with Crippen LogP contribution >= 0.6 is 0 Å². The van der Waals surface area contributed by atoms with Gasteiger partial charge in [0, 0.05) is 5.39 Å². The van der Waals surface area contributed by atoms with Gasteiger partial charge in [0.15, 0.2) is 0 Å². The van der Waals surface area contributed by atoms with Crippen LogP contribution in [0, 0.1) is 0 Å². The molecule has 3 nitrogen and oxygen atoms in total. The summed E-state index contributed by atoms with van der Waals surface area (Å²) < 4.78 is 27.7. The van der Waals surface area contributed by atoms with E-state index in [-0.39, 0.29) is 42.6 Å². The molecule has 2 rings (SSSR count). The first-order valence-electron chi connectivity index (χ1n) is 4.43. The number of rotatable bonds is 2. The molecule has 0 saturated carbocycles. The zero-order chi connectivity index (χ0) is 10.9. The number of hydrogen-bond donors (Lipinski definition) is 0. The average Bonchev–Trinajstić information content (AvgIpc) is 2.28. The van der Waals surface area contributed by atoms with Crippen molar-refractivity contribution in [2.24, 2.45) is 0 Å². The maximum atomic E-state index is 11.6. The standard InChI is InChI=1S/C11H10O3S.Ca.2H/c1-14-15(12,13)11-8-4-6-9-5-2-3-7-10(9)11;;;/h2-8H,1H3;;;. The van der Waals surface area contributed by atoms with Crippen molar-refractivity contribution in [2.45, 2.75) is 4.90 Å². The van der Waals surface area contributed by atoms with E-state index in [2.05, 4.69) is 4.18 Å². The Bertz CT molecular complexity index is 588. The fourth-order valence-electron chi connectivity index (χ4n) is 1.50. The van der Waals surface area contributed by atoms with Gasteiger partial charge in [0.1, 0.15) is 4.90 Å². The predicted molar refractivity (Wildman–Crippen MR) is 66.7 cm³/mol. The Labute approximate surface area is 125 Å². The molecule has 2 aromatic carbocycles. The normalized spacial score (nSPS) is 11.1. The minimum atomic E-state index is -3.62. The molecule has 0 N–H and O–H groups in total. The summed E-state index contributed by atoms with van der Waals surface area (Å²) in [5.41, 5.74) is 0. The van der Waals surface area contributed by atoms with Crippen molar-refractivity contribution in [1.82, 2.24) is 0 Å². The van der Waals surface area contributed by atoms with Crippen molar-refractivity contribution in [3.8, 4) is 0 Å². The summed E-state index contributed by atoms with van der Waals surface area (Å²) in [6.07, 6.45) is 0. The molecule has 0 amide bonds. The second-order valence-corrected chi connectivity index (χ2v) is 4.78. The first kappa shape index (κ1) is 13.9. The summed E-state index contributed by atoms with van der Waals surface area (Å²) in [5, 5.41) is 1.57. The van der Waals surface area contributed by atoms with Crippen LogP contribution in [0.5, 0.6) is 0 Å². The van der Waals surface area contributed by atoms with E-state index in [4.69, 9.17) is 0 Å². The van der Waals surface area contributed by atoms with Crippen molar-refractivity contribution in [1.29, 1.82) is 0 Å². The Balaban J connectivity index is 0.00000128. The van der Waals surface area contributed by atoms with E-state index in [1.165, 1.54) is 0 Å². The van der Waals surface area contributed by atoms with Gasteiger partial charge in [-0.2, -0.15) is 8.42 Å². The van der Waals surface area contributed by atoms with Gasteiger partial charge >= 0.3 is 37.7 Å². The van der Waals surface area contributed by atoms with E-state index in [0.29, 0.717) is 5.39 Å². The quantitative estimate of drug-likeness (QED) is 0.606. The summed E-state index contributed by atoms with van der Waals surface area (Å²) in [7, 11) is -2.46. The maximum absolute atomic E-state index is 11.6. The second-order valence-electron chi connectivity index (χ2n) is 3.10. The summed E-state index contributed by atoms with van der Waals surface area (Å²) >= 11 is 0. The molecule has 2 aromatic rings. The second kappa shape index (κ2) is 5.47. The van der Waals surface area contributed by atoms with E-state index in [1.807, 2.05) is 18.2 Å². The Kier molecular flexibility index (Phi) is 4.76. The van der Waals surface area contributed by atoms with Crippen LogP contribution in [-0.2, 0) is 14.3 Å². The molecule has 0 heterocycles. The van der Waals surface area contributed by atoms with E-state index >= 15 is 0 Å². The van der Waals surface area contributed by atoms with Gasteiger partial charge < -0.3 is 0 Å². The molecule has 0 aliphatic rings. The predicted octanol–water partition coefficient (Wildman–Crippen LogP) is 1.26. The fraction of sp³-hybridized carbons (Fsp3) is 0.0909. The zero-order valence-electron chi connectivity index (χ0n) is 8.17. The van der Waals surface area contributed by atoms with Gasteiger partial charge in [0.2, 0.25) is 0 Å². The van der Waals surface area contributed by atoms with Gasteiger partial charge in [-0.1, -0.05) is 36.4 Å². The SMILES string of the molecule is COS(=O)(=O)c1cccc2ccccc12.[CaH2]. The van der Waals surface area contributed by atoms with Crippen LogP contribution in [0.4, 0.5) is 0 Å². The molecule has 5 heteroatoms. The first-order valence-corrected chi connectivity index (χ1v) is 5.84. The van der Waals surface area contributed by atoms with Gasteiger partial charge in [-0.15, -0.1) is 0 Å². The molecule has 0 fully saturated rings. The third-order valence-corrected chi connectivity index (χ3v) is 3.57. The van der Waals surface area contributed by atoms with E-state index in [0.717, 1.165) is 12.5 Å². The van der Waals surface area contributed by atoms with E-state index in [9.17, 15) is 8.42 Å². The molecule has 16 heavy (non-hydrogen) atoms. The molecular weight excluding hydrogens is 252 g/mol. The van der Waals surface area contributed by atoms with Crippen LogP contribution in [0.3, 0.4) is 0 Å². The van der Waals surface area contributed by atoms with Crippen LogP contribution in [0.1, 0.15) is 0 Å². The fourth-order valence-corrected chi connectivity index (χ4v) is 2.38. The van der Waals surface area contributed by atoms with Gasteiger partial charge in [-0.05, 0) is 11.5 Å². The molecule has 0 spiro atoms. The van der Waals surface area contributed by atoms with Gasteiger partial charge in [0.25, 0.3) is 10.1 Å². The van der Waals surface area contributed by atoms with Crippen molar-refractivity contribution in [2.75, 3.05) is 7.11 Å². The van der Waals surface area contributed by atoms with Crippen LogP contribution in [-0.4, -0.2) is 53.3 Å². The van der Waals surface area contributed by atoms with Crippen LogP contribution in [0.2, 0.25) is 0 Å². The van der Waals surface area contributed by atoms with E-state index < -0.39 is 10.1 Å². The van der Waals surface area contributed by atoms with Gasteiger partial charge in [-0.25, -0.2) is 0 Å². The van der Waals surface area contributed by atoms with Crippen LogP contribution in [0.15, 0.2) is 47.4 Å². The third-order valence-electron chi connectivity index (χ3n) is 2.24. The Morgan fingerprint density at radius 2 is 1.62 bits per heavy atom. The molecule has 0 aliphatic carbocycles. The summed E-state index contributed by atoms with van der Waals surface area (Å²) in [6.45, 7) is 0. The summed E-state index contributed by atoms with van der Waals surface area (Å²) in [5.74, 6) is 0. The number of fused-ring (bicyclic) bond motifs is 1. The van der Waals surface area contributed by atoms with Crippen LogP contribution in [0.25, 0.3) is 10.8 Å². The van der Waals surface area contributed by atoms with E-state index in [1.54, 1.807) is 24.3 Å². The topological polar surface area (TPSA) is 43.4 Å². The Hall–Kier alpha value is -0.130. The number of hydrogen-bond acceptors (Lipinski definition) is 3. The molecule has 0 aromatic heterocycles. The molecule has 0 bridgehead atoms. The minimum absolute atomic E-state index is 0. The Morgan fingerprint density at radius 3 is 2.31 bits per heavy atom. The van der Waals surface area contributed by atoms with Gasteiger partial charge in [0.05, 0.1) is 7.11 Å². The molecule has 0 unspecified atom stereocenters. The van der Waals surface area contributed by atoms with Crippen molar-refractivity contribution >= 4 is 58.6 Å². The molecular formula is C11H12CaO3S. The summed E-state index contributed by atoms with van der Waals surface area (Å²) in [4.78, 5) is 0.211. The zero-order valence-corrected chi connectivity index (χ0v) is 8.99. The Morgan fingerprint density at radius 1 is 1.00 bits per heavy atom. The van der Waals surface area contributed by atoms with Gasteiger partial charge in [-0.3, -0.25) is 4.18 Å². The van der Waals surface area contributed by atoms with Crippen molar-refractivity contribution in [3.05, 3.63) is 42.5 Å². The molecule has 0 saturated heterocycles. The molecule has 0 atom stereocenters. The third kappa shape index (κ3) is 2.57. The molecule has 0 aliphatic heterocycles. The first-order chi connectivity index (χ1) is 7.15. The molecule has 0 radical (unpaired) electrons. The summed E-state index contributed by atoms with van der Waals surface area (Å²) in [6, 6.07) is 12.4. The number of benzene rings is 2. The van der Waals surface area contributed by atoms with Crippen LogP contribution < -0.4 is 0 Å². The molecule has 82 valence electrons. The average molecular weight is 264 g/mol. The van der Waals surface area contributed by atoms with Crippen molar-refractivity contribution in [3.63, 3.8) is 0 Å². The van der Waals surface area contributed by atoms with Crippen molar-refractivity contribution < 1.29 is 12.6 Å².